The Bertz CT molecular complexity index is 1280. The Morgan fingerprint density at radius 1 is 0.296 bits per heavy atom. The van der Waals surface area contributed by atoms with Crippen molar-refractivity contribution in [2.45, 2.75) is 0 Å². The maximum atomic E-state index is 2.34. The van der Waals surface area contributed by atoms with E-state index in [2.05, 4.69) is 97.1 Å². The van der Waals surface area contributed by atoms with Crippen LogP contribution < -0.4 is 0 Å². The molecule has 0 fully saturated rings. The van der Waals surface area contributed by atoms with Crippen molar-refractivity contribution in [1.29, 1.82) is 0 Å². The van der Waals surface area contributed by atoms with Crippen LogP contribution in [-0.2, 0) is 0 Å². The molecule has 0 aliphatic heterocycles. The SMILES string of the molecule is c1ccc2[se]c3ccccc3c3ccccc3[se]c3ccccc3[se]c2c1. The predicted molar refractivity (Wildman–Crippen MR) is 123 cm³/mol. The molecule has 0 atom stereocenters. The van der Waals surface area contributed by atoms with Gasteiger partial charge >= 0.3 is 177 Å². The van der Waals surface area contributed by atoms with E-state index in [1.165, 1.54) is 36.3 Å². The van der Waals surface area contributed by atoms with Crippen molar-refractivity contribution >= 4 is 79.8 Å². The maximum absolute atomic E-state index is 2.34. The molecule has 0 N–H and O–H groups in total. The van der Waals surface area contributed by atoms with Crippen LogP contribution >= 0.6 is 0 Å². The van der Waals surface area contributed by atoms with Gasteiger partial charge in [0, 0.05) is 0 Å². The molecule has 0 saturated carbocycles. The number of rotatable bonds is 0. The summed E-state index contributed by atoms with van der Waals surface area (Å²) < 4.78 is 9.10. The van der Waals surface area contributed by atoms with E-state index >= 15 is 0 Å². The Morgan fingerprint density at radius 2 is 0.556 bits per heavy atom. The van der Waals surface area contributed by atoms with Crippen molar-refractivity contribution in [3.63, 3.8) is 0 Å². The topological polar surface area (TPSA) is 0 Å². The van der Waals surface area contributed by atoms with Gasteiger partial charge in [0.1, 0.15) is 0 Å². The van der Waals surface area contributed by atoms with Crippen LogP contribution in [0.3, 0.4) is 0 Å². The van der Waals surface area contributed by atoms with Crippen LogP contribution in [0.2, 0.25) is 0 Å². The summed E-state index contributed by atoms with van der Waals surface area (Å²) in [7, 11) is 0. The van der Waals surface area contributed by atoms with E-state index in [1.807, 2.05) is 0 Å². The summed E-state index contributed by atoms with van der Waals surface area (Å²) >= 11 is 0.980. The van der Waals surface area contributed by atoms with Gasteiger partial charge in [0.25, 0.3) is 0 Å². The van der Waals surface area contributed by atoms with E-state index in [-0.39, 0.29) is 0 Å². The monoisotopic (exact) mass is 544 g/mol. The summed E-state index contributed by atoms with van der Waals surface area (Å²) in [6.45, 7) is 0. The van der Waals surface area contributed by atoms with Gasteiger partial charge in [-0.05, 0) is 0 Å². The van der Waals surface area contributed by atoms with Crippen molar-refractivity contribution in [2.75, 3.05) is 0 Å². The molecule has 130 valence electrons. The van der Waals surface area contributed by atoms with Gasteiger partial charge in [0.15, 0.2) is 0 Å². The molecular weight excluding hydrogens is 525 g/mol. The second-order valence-electron chi connectivity index (χ2n) is 6.19. The van der Waals surface area contributed by atoms with E-state index in [9.17, 15) is 0 Å². The fourth-order valence-electron chi connectivity index (χ4n) is 3.15. The van der Waals surface area contributed by atoms with Gasteiger partial charge in [0.2, 0.25) is 0 Å². The predicted octanol–water partition coefficient (Wildman–Crippen LogP) is 5.72. The van der Waals surface area contributed by atoms with E-state index in [0.29, 0.717) is 43.5 Å². The van der Waals surface area contributed by atoms with E-state index in [4.69, 9.17) is 0 Å². The zero-order valence-electron chi connectivity index (χ0n) is 14.5. The van der Waals surface area contributed by atoms with Crippen LogP contribution in [0.15, 0.2) is 97.1 Å². The average Bonchev–Trinajstić information content (AvgIpc) is 2.73. The Labute approximate surface area is 176 Å². The molecule has 0 aliphatic carbocycles. The van der Waals surface area contributed by atoms with Gasteiger partial charge in [-0.2, -0.15) is 0 Å². The van der Waals surface area contributed by atoms with Crippen molar-refractivity contribution in [2.24, 2.45) is 0 Å². The van der Waals surface area contributed by atoms with Crippen LogP contribution in [0.5, 0.6) is 0 Å². The first-order valence-corrected chi connectivity index (χ1v) is 13.9. The van der Waals surface area contributed by atoms with Gasteiger partial charge in [-0.25, -0.2) is 0 Å². The Kier molecular flexibility index (Phi) is 5.08. The minimum atomic E-state index is 0.314. The Balaban J connectivity index is 2.16. The molecule has 1 aromatic heterocycles. The van der Waals surface area contributed by atoms with Crippen LogP contribution in [0.1, 0.15) is 0 Å². The minimum absolute atomic E-state index is 0.314. The zero-order chi connectivity index (χ0) is 18.1. The molecule has 0 spiro atoms. The van der Waals surface area contributed by atoms with Crippen molar-refractivity contribution < 1.29 is 0 Å². The zero-order valence-corrected chi connectivity index (χ0v) is 19.6. The molecular formula is C24H16Se3. The number of hydrogen-bond acceptors (Lipinski definition) is 0. The van der Waals surface area contributed by atoms with E-state index in [1.54, 1.807) is 0 Å². The Morgan fingerprint density at radius 3 is 0.926 bits per heavy atom. The molecule has 3 heteroatoms. The summed E-state index contributed by atoms with van der Waals surface area (Å²) in [6.07, 6.45) is 0. The second-order valence-corrected chi connectivity index (χ2v) is 13.0. The van der Waals surface area contributed by atoms with Crippen molar-refractivity contribution in [1.82, 2.24) is 0 Å². The standard InChI is InChI=1S/C24H16Se3/c1-3-11-19-17(9-1)18-10-2-4-12-20(18)26-22-14-6-8-16-24(22)27-23-15-7-5-13-21(23)25-19/h1-16H. The van der Waals surface area contributed by atoms with Gasteiger partial charge in [0.05, 0.1) is 0 Å². The normalized spacial score (nSPS) is 11.0. The summed E-state index contributed by atoms with van der Waals surface area (Å²) in [4.78, 5) is 0. The van der Waals surface area contributed by atoms with Crippen LogP contribution in [-0.4, -0.2) is 43.5 Å². The molecule has 4 aromatic carbocycles. The van der Waals surface area contributed by atoms with Gasteiger partial charge in [-0.3, -0.25) is 0 Å². The van der Waals surface area contributed by atoms with Crippen molar-refractivity contribution in [3.8, 4) is 0 Å². The number of fused-ring (bicyclic) bond motifs is 5. The Hall–Kier alpha value is -1.56. The van der Waals surface area contributed by atoms with Crippen LogP contribution in [0.4, 0.5) is 0 Å². The third-order valence-electron chi connectivity index (χ3n) is 4.42. The molecule has 0 unspecified atom stereocenters. The summed E-state index contributed by atoms with van der Waals surface area (Å²) in [5.41, 5.74) is 0. The number of benzene rings is 4. The fraction of sp³-hybridized carbons (Fsp3) is 0. The molecule has 1 heterocycles. The molecule has 27 heavy (non-hydrogen) atoms. The van der Waals surface area contributed by atoms with Crippen molar-refractivity contribution in [3.05, 3.63) is 97.1 Å². The first kappa shape index (κ1) is 17.5. The number of hydrogen-bond donors (Lipinski definition) is 0. The molecule has 0 aliphatic rings. The molecule has 0 nitrogen and oxygen atoms in total. The molecule has 0 bridgehead atoms. The van der Waals surface area contributed by atoms with E-state index in [0.717, 1.165) is 0 Å². The van der Waals surface area contributed by atoms with Crippen LogP contribution in [0.25, 0.3) is 36.3 Å². The van der Waals surface area contributed by atoms with Gasteiger partial charge in [-0.1, -0.05) is 0 Å². The molecule has 5 rings (SSSR count). The molecule has 0 saturated heterocycles. The van der Waals surface area contributed by atoms with Gasteiger partial charge in [-0.15, -0.1) is 0 Å². The second kappa shape index (κ2) is 7.82. The summed E-state index contributed by atoms with van der Waals surface area (Å²) in [6, 6.07) is 36.2. The fourth-order valence-corrected chi connectivity index (χ4v) is 10.9. The first-order chi connectivity index (χ1) is 13.4. The molecule has 0 radical (unpaired) electrons. The van der Waals surface area contributed by atoms with Gasteiger partial charge < -0.3 is 0 Å². The third kappa shape index (κ3) is 3.60. The molecule has 0 amide bonds. The van der Waals surface area contributed by atoms with Crippen LogP contribution in [0, 0.1) is 0 Å². The van der Waals surface area contributed by atoms with E-state index < -0.39 is 0 Å². The summed E-state index contributed by atoms with van der Waals surface area (Å²) in [5, 5.41) is 2.83. The summed E-state index contributed by atoms with van der Waals surface area (Å²) in [5.74, 6) is 0. The molecule has 5 aromatic rings. The average molecular weight is 541 g/mol. The first-order valence-electron chi connectivity index (χ1n) is 8.78. The third-order valence-corrected chi connectivity index (χ3v) is 13.0. The quantitative estimate of drug-likeness (QED) is 0.220.